The highest BCUT2D eigenvalue weighted by atomic mass is 35.5. The molecular weight excluding hydrogens is 480 g/mol. The first-order valence-electron chi connectivity index (χ1n) is 10.6. The number of benzene rings is 1. The summed E-state index contributed by atoms with van der Waals surface area (Å²) in [7, 11) is 1.59. The Hall–Kier alpha value is -1.97. The first kappa shape index (κ1) is 24.2. The minimum Gasteiger partial charge on any atom is -0.495 e. The van der Waals surface area contributed by atoms with Crippen molar-refractivity contribution < 1.29 is 22.7 Å². The number of alkyl halides is 3. The lowest BCUT2D eigenvalue weighted by Crippen LogP contribution is -2.36. The molecule has 1 amide bonds. The summed E-state index contributed by atoms with van der Waals surface area (Å²) in [5.41, 5.74) is 0.0852. The average Bonchev–Trinajstić information content (AvgIpc) is 3.41. The lowest BCUT2D eigenvalue weighted by Gasteiger charge is -2.27. The number of ether oxygens (including phenoxy) is 1. The zero-order valence-corrected chi connectivity index (χ0v) is 20.0. The number of hydrogen-bond donors (Lipinski definition) is 0. The largest absolute Gasteiger partial charge is 0.495 e. The number of nitrogens with zero attached hydrogens (tertiary/aromatic N) is 4. The Bertz CT molecular complexity index is 1040. The number of aromatic nitrogens is 2. The predicted octanol–water partition coefficient (Wildman–Crippen LogP) is 4.68. The van der Waals surface area contributed by atoms with E-state index in [1.807, 2.05) is 18.2 Å². The molecule has 4 rings (SSSR count). The second-order valence-corrected chi connectivity index (χ2v) is 9.53. The summed E-state index contributed by atoms with van der Waals surface area (Å²) in [6, 6.07) is 5.94. The molecule has 2 fully saturated rings. The van der Waals surface area contributed by atoms with E-state index in [1.165, 1.54) is 6.92 Å². The summed E-state index contributed by atoms with van der Waals surface area (Å²) in [5, 5.41) is 3.64. The summed E-state index contributed by atoms with van der Waals surface area (Å²) in [6.07, 6.45) is -4.66. The van der Waals surface area contributed by atoms with Gasteiger partial charge in [0, 0.05) is 32.2 Å². The smallest absolute Gasteiger partial charge is 0.436 e. The third kappa shape index (κ3) is 4.68. The van der Waals surface area contributed by atoms with Gasteiger partial charge >= 0.3 is 6.18 Å². The van der Waals surface area contributed by atoms with Crippen LogP contribution in [-0.4, -0.2) is 58.8 Å². The van der Waals surface area contributed by atoms with E-state index < -0.39 is 16.9 Å². The van der Waals surface area contributed by atoms with Crippen LogP contribution in [0.25, 0.3) is 0 Å². The van der Waals surface area contributed by atoms with E-state index in [0.717, 1.165) is 23.3 Å². The van der Waals surface area contributed by atoms with Gasteiger partial charge in [-0.15, -0.1) is 0 Å². The van der Waals surface area contributed by atoms with Gasteiger partial charge in [-0.3, -0.25) is 14.4 Å². The molecule has 3 unspecified atom stereocenters. The molecule has 1 aromatic carbocycles. The predicted molar refractivity (Wildman–Crippen MR) is 119 cm³/mol. The molecule has 2 saturated heterocycles. The van der Waals surface area contributed by atoms with Gasteiger partial charge in [-0.1, -0.05) is 29.3 Å². The van der Waals surface area contributed by atoms with Crippen molar-refractivity contribution in [2.75, 3.05) is 33.3 Å². The van der Waals surface area contributed by atoms with E-state index in [4.69, 9.17) is 27.9 Å². The van der Waals surface area contributed by atoms with Crippen LogP contribution in [0.4, 0.5) is 13.2 Å². The molecule has 2 aliphatic heterocycles. The van der Waals surface area contributed by atoms with E-state index in [9.17, 15) is 18.0 Å². The molecule has 0 saturated carbocycles. The maximum absolute atomic E-state index is 13.0. The van der Waals surface area contributed by atoms with Crippen molar-refractivity contribution in [2.45, 2.75) is 32.6 Å². The molecule has 0 aliphatic carbocycles. The number of carbonyl (C=O) groups excluding carboxylic acids is 1. The van der Waals surface area contributed by atoms with Crippen molar-refractivity contribution in [3.05, 3.63) is 45.2 Å². The second-order valence-electron chi connectivity index (χ2n) is 8.75. The number of likely N-dealkylation sites (tertiary alicyclic amines) is 2. The number of hydrogen-bond acceptors (Lipinski definition) is 4. The van der Waals surface area contributed by atoms with Crippen molar-refractivity contribution in [1.82, 2.24) is 19.6 Å². The molecule has 2 aliphatic rings. The van der Waals surface area contributed by atoms with E-state index in [0.29, 0.717) is 35.7 Å². The van der Waals surface area contributed by atoms with Crippen LogP contribution in [0.5, 0.6) is 5.75 Å². The zero-order valence-electron chi connectivity index (χ0n) is 18.5. The van der Waals surface area contributed by atoms with Gasteiger partial charge in [-0.2, -0.15) is 18.3 Å². The van der Waals surface area contributed by atoms with E-state index in [2.05, 4.69) is 16.9 Å². The molecule has 11 heteroatoms. The molecule has 1 aromatic heterocycles. The van der Waals surface area contributed by atoms with Crippen LogP contribution >= 0.6 is 23.2 Å². The monoisotopic (exact) mass is 504 g/mol. The molecule has 180 valence electrons. The van der Waals surface area contributed by atoms with Gasteiger partial charge in [0.2, 0.25) is 5.91 Å². The topological polar surface area (TPSA) is 50.6 Å². The molecule has 0 radical (unpaired) electrons. The first-order valence-corrected chi connectivity index (χ1v) is 11.4. The normalized spacial score (nSPS) is 22.0. The van der Waals surface area contributed by atoms with Crippen LogP contribution in [0.3, 0.4) is 0 Å². The fourth-order valence-electron chi connectivity index (χ4n) is 4.78. The Balaban J connectivity index is 1.37. The van der Waals surface area contributed by atoms with Crippen molar-refractivity contribution in [3.8, 4) is 5.75 Å². The van der Waals surface area contributed by atoms with Crippen molar-refractivity contribution in [3.63, 3.8) is 0 Å². The molecule has 3 atom stereocenters. The van der Waals surface area contributed by atoms with Gasteiger partial charge in [0.1, 0.15) is 12.3 Å². The molecule has 2 aromatic rings. The van der Waals surface area contributed by atoms with Crippen molar-refractivity contribution >= 4 is 29.1 Å². The van der Waals surface area contributed by atoms with Crippen LogP contribution < -0.4 is 4.74 Å². The lowest BCUT2D eigenvalue weighted by atomic mass is 10.0. The maximum Gasteiger partial charge on any atom is 0.436 e. The molecule has 0 N–H and O–H groups in total. The molecule has 3 heterocycles. The highest BCUT2D eigenvalue weighted by molar-refractivity contribution is 6.32. The maximum atomic E-state index is 13.0. The Morgan fingerprint density at radius 2 is 1.85 bits per heavy atom. The van der Waals surface area contributed by atoms with Crippen LogP contribution in [0, 0.1) is 18.8 Å². The number of carbonyl (C=O) groups is 1. The van der Waals surface area contributed by atoms with Crippen molar-refractivity contribution in [2.24, 2.45) is 11.8 Å². The highest BCUT2D eigenvalue weighted by Gasteiger charge is 2.43. The Kier molecular flexibility index (Phi) is 6.59. The number of methoxy groups -OCH3 is 1. The number of fused-ring (bicyclic) bond motifs is 1. The van der Waals surface area contributed by atoms with Gasteiger partial charge in [-0.25, -0.2) is 0 Å². The second kappa shape index (κ2) is 9.00. The van der Waals surface area contributed by atoms with Crippen LogP contribution in [0.2, 0.25) is 10.0 Å². The lowest BCUT2D eigenvalue weighted by molar-refractivity contribution is -0.142. The fourth-order valence-corrected chi connectivity index (χ4v) is 5.22. The van der Waals surface area contributed by atoms with E-state index in [-0.39, 0.29) is 24.2 Å². The van der Waals surface area contributed by atoms with E-state index in [1.54, 1.807) is 12.0 Å². The molecule has 0 bridgehead atoms. The standard InChI is InChI=1S/C22H25Cl2F3N4O2/c1-12(14-4-5-17(23)18(6-14)33-3)29-7-15-9-30(10-16(15)8-29)19(32)11-31-13(2)20(24)21(28-31)22(25,26)27/h4-6,12,15-16H,7-11H2,1-3H3. The van der Waals surface area contributed by atoms with Crippen molar-refractivity contribution in [1.29, 1.82) is 0 Å². The highest BCUT2D eigenvalue weighted by Crippen LogP contribution is 2.38. The van der Waals surface area contributed by atoms with Gasteiger partial charge in [0.15, 0.2) is 5.69 Å². The third-order valence-electron chi connectivity index (χ3n) is 6.76. The third-order valence-corrected chi connectivity index (χ3v) is 7.52. The van der Waals surface area contributed by atoms with Crippen LogP contribution in [0.1, 0.15) is 29.9 Å². The molecule has 0 spiro atoms. The average molecular weight is 505 g/mol. The van der Waals surface area contributed by atoms with Gasteiger partial charge in [-0.05, 0) is 43.4 Å². The molecule has 33 heavy (non-hydrogen) atoms. The molecular formula is C22H25Cl2F3N4O2. The zero-order chi connectivity index (χ0) is 24.1. The Morgan fingerprint density at radius 3 is 2.39 bits per heavy atom. The van der Waals surface area contributed by atoms with Gasteiger partial charge in [0.25, 0.3) is 0 Å². The Morgan fingerprint density at radius 1 is 1.21 bits per heavy atom. The summed E-state index contributed by atoms with van der Waals surface area (Å²) >= 11 is 11.9. The van der Waals surface area contributed by atoms with Crippen LogP contribution in [-0.2, 0) is 17.5 Å². The fraction of sp³-hybridized carbons (Fsp3) is 0.545. The minimum absolute atomic E-state index is 0.134. The van der Waals surface area contributed by atoms with Gasteiger partial charge < -0.3 is 9.64 Å². The summed E-state index contributed by atoms with van der Waals surface area (Å²) in [5.74, 6) is 1.03. The Labute approximate surface area is 200 Å². The minimum atomic E-state index is -4.66. The van der Waals surface area contributed by atoms with Gasteiger partial charge in [0.05, 0.1) is 22.8 Å². The summed E-state index contributed by atoms with van der Waals surface area (Å²) in [6.45, 7) is 6.15. The number of amides is 1. The quantitative estimate of drug-likeness (QED) is 0.593. The number of halogens is 5. The van der Waals surface area contributed by atoms with Crippen LogP contribution in [0.15, 0.2) is 18.2 Å². The summed E-state index contributed by atoms with van der Waals surface area (Å²) in [4.78, 5) is 16.9. The SMILES string of the molecule is COc1cc(C(C)N2CC3CN(C(=O)Cn4nc(C(F)(F)F)c(Cl)c4C)CC3C2)ccc1Cl. The first-order chi connectivity index (χ1) is 15.5. The summed E-state index contributed by atoms with van der Waals surface area (Å²) < 4.78 is 45.5. The van der Waals surface area contributed by atoms with E-state index >= 15 is 0 Å². The number of rotatable bonds is 5. The molecule has 6 nitrogen and oxygen atoms in total.